The quantitative estimate of drug-likeness (QED) is 0.474. The van der Waals surface area contributed by atoms with Crippen LogP contribution in [0.25, 0.3) is 0 Å². The molecule has 0 spiro atoms. The summed E-state index contributed by atoms with van der Waals surface area (Å²) in [6, 6.07) is 4.99. The Balaban J connectivity index is 1.63. The number of aliphatic hydroxyl groups is 1. The SMILES string of the molecule is NCCC(O)CNCc1ccc2c(c1)CN(C1CCC(=O)NC1=O)C2=O. The van der Waals surface area contributed by atoms with Crippen LogP contribution in [0, 0.1) is 0 Å². The van der Waals surface area contributed by atoms with E-state index >= 15 is 0 Å². The molecule has 2 unspecified atom stereocenters. The van der Waals surface area contributed by atoms with Gasteiger partial charge in [0.1, 0.15) is 6.04 Å². The number of amides is 3. The molecule has 2 heterocycles. The highest BCUT2D eigenvalue weighted by Gasteiger charge is 2.38. The fourth-order valence-electron chi connectivity index (χ4n) is 3.42. The van der Waals surface area contributed by atoms with Crippen LogP contribution >= 0.6 is 0 Å². The minimum atomic E-state index is -0.597. The number of rotatable bonds is 7. The Bertz CT molecular complexity index is 721. The first-order chi connectivity index (χ1) is 12.5. The van der Waals surface area contributed by atoms with Crippen molar-refractivity contribution in [1.29, 1.82) is 0 Å². The molecule has 140 valence electrons. The number of hydrogen-bond donors (Lipinski definition) is 4. The van der Waals surface area contributed by atoms with Crippen molar-refractivity contribution < 1.29 is 19.5 Å². The van der Waals surface area contributed by atoms with Crippen molar-refractivity contribution in [3.8, 4) is 0 Å². The molecule has 0 aromatic heterocycles. The highest BCUT2D eigenvalue weighted by molar-refractivity contribution is 6.05. The summed E-state index contributed by atoms with van der Waals surface area (Å²) in [6.45, 7) is 1.83. The van der Waals surface area contributed by atoms with E-state index < -0.39 is 18.1 Å². The van der Waals surface area contributed by atoms with Crippen LogP contribution in [0.5, 0.6) is 0 Å². The molecule has 2 aliphatic rings. The number of carbonyl (C=O) groups excluding carboxylic acids is 3. The predicted octanol–water partition coefficient (Wildman–Crippen LogP) is -0.753. The van der Waals surface area contributed by atoms with E-state index in [0.29, 0.717) is 44.6 Å². The lowest BCUT2D eigenvalue weighted by molar-refractivity contribution is -0.136. The second-order valence-electron chi connectivity index (χ2n) is 6.75. The molecule has 0 aliphatic carbocycles. The van der Waals surface area contributed by atoms with Crippen LogP contribution in [0.3, 0.4) is 0 Å². The summed E-state index contributed by atoms with van der Waals surface area (Å²) < 4.78 is 0. The number of piperidine rings is 1. The lowest BCUT2D eigenvalue weighted by atomic mass is 10.0. The maximum atomic E-state index is 12.6. The second-order valence-corrected chi connectivity index (χ2v) is 6.75. The third kappa shape index (κ3) is 3.92. The molecule has 2 aliphatic heterocycles. The van der Waals surface area contributed by atoms with Gasteiger partial charge in [0.25, 0.3) is 5.91 Å². The molecule has 1 aromatic rings. The molecule has 8 heteroatoms. The number of benzene rings is 1. The third-order valence-corrected chi connectivity index (χ3v) is 4.80. The number of fused-ring (bicyclic) bond motifs is 1. The Morgan fingerprint density at radius 3 is 2.88 bits per heavy atom. The van der Waals surface area contributed by atoms with Gasteiger partial charge in [-0.25, -0.2) is 0 Å². The zero-order valence-corrected chi connectivity index (χ0v) is 14.5. The van der Waals surface area contributed by atoms with Crippen LogP contribution in [-0.4, -0.2) is 53.0 Å². The maximum absolute atomic E-state index is 12.6. The van der Waals surface area contributed by atoms with Crippen molar-refractivity contribution >= 4 is 17.7 Å². The Labute approximate surface area is 151 Å². The first kappa shape index (κ1) is 18.5. The molecule has 0 bridgehead atoms. The molecule has 26 heavy (non-hydrogen) atoms. The van der Waals surface area contributed by atoms with Crippen molar-refractivity contribution in [1.82, 2.24) is 15.5 Å². The van der Waals surface area contributed by atoms with Gasteiger partial charge in [-0.3, -0.25) is 19.7 Å². The highest BCUT2D eigenvalue weighted by atomic mass is 16.3. The molecule has 8 nitrogen and oxygen atoms in total. The van der Waals surface area contributed by atoms with E-state index in [9.17, 15) is 19.5 Å². The standard InChI is InChI=1S/C18H24N4O4/c19-6-5-13(23)9-20-8-11-1-2-14-12(7-11)10-22(18(14)26)15-3-4-16(24)21-17(15)25/h1-2,7,13,15,20,23H,3-6,8-10,19H2,(H,21,24,25). The van der Waals surface area contributed by atoms with Gasteiger partial charge in [0.2, 0.25) is 11.8 Å². The fourth-order valence-corrected chi connectivity index (χ4v) is 3.42. The first-order valence-corrected chi connectivity index (χ1v) is 8.85. The third-order valence-electron chi connectivity index (χ3n) is 4.80. The summed E-state index contributed by atoms with van der Waals surface area (Å²) in [5.41, 5.74) is 7.88. The van der Waals surface area contributed by atoms with Crippen LogP contribution in [-0.2, 0) is 22.7 Å². The number of imide groups is 1. The lowest BCUT2D eigenvalue weighted by Crippen LogP contribution is -2.52. The van der Waals surface area contributed by atoms with Gasteiger partial charge >= 0.3 is 0 Å². The van der Waals surface area contributed by atoms with Gasteiger partial charge in [-0.05, 0) is 36.6 Å². The smallest absolute Gasteiger partial charge is 0.255 e. The topological polar surface area (TPSA) is 125 Å². The molecular weight excluding hydrogens is 336 g/mol. The number of carbonyl (C=O) groups is 3. The van der Waals surface area contributed by atoms with E-state index in [-0.39, 0.29) is 18.2 Å². The highest BCUT2D eigenvalue weighted by Crippen LogP contribution is 2.28. The molecule has 1 fully saturated rings. The van der Waals surface area contributed by atoms with E-state index in [4.69, 9.17) is 5.73 Å². The van der Waals surface area contributed by atoms with Gasteiger partial charge < -0.3 is 21.1 Å². The first-order valence-electron chi connectivity index (χ1n) is 8.85. The van der Waals surface area contributed by atoms with Gasteiger partial charge in [0.15, 0.2) is 0 Å². The normalized spacial score (nSPS) is 20.9. The van der Waals surface area contributed by atoms with E-state index in [1.54, 1.807) is 6.07 Å². The molecule has 5 N–H and O–H groups in total. The maximum Gasteiger partial charge on any atom is 0.255 e. The van der Waals surface area contributed by atoms with E-state index in [0.717, 1.165) is 11.1 Å². The zero-order chi connectivity index (χ0) is 18.7. The summed E-state index contributed by atoms with van der Waals surface area (Å²) in [6.07, 6.45) is 0.681. The minimum absolute atomic E-state index is 0.174. The van der Waals surface area contributed by atoms with Crippen LogP contribution in [0.1, 0.15) is 40.7 Å². The molecule has 0 saturated carbocycles. The van der Waals surface area contributed by atoms with Crippen molar-refractivity contribution in [3.63, 3.8) is 0 Å². The molecule has 1 aromatic carbocycles. The van der Waals surface area contributed by atoms with Crippen molar-refractivity contribution in [3.05, 3.63) is 34.9 Å². The largest absolute Gasteiger partial charge is 0.392 e. The van der Waals surface area contributed by atoms with E-state index in [2.05, 4.69) is 10.6 Å². The Morgan fingerprint density at radius 2 is 2.15 bits per heavy atom. The molecule has 3 amide bonds. The Morgan fingerprint density at radius 1 is 1.35 bits per heavy atom. The monoisotopic (exact) mass is 360 g/mol. The minimum Gasteiger partial charge on any atom is -0.392 e. The predicted molar refractivity (Wildman–Crippen MR) is 93.9 cm³/mol. The Hall–Kier alpha value is -2.29. The Kier molecular flexibility index (Phi) is 5.65. The second kappa shape index (κ2) is 7.94. The van der Waals surface area contributed by atoms with E-state index in [1.165, 1.54) is 4.90 Å². The number of nitrogens with two attached hydrogens (primary N) is 1. The molecule has 0 radical (unpaired) electrons. The molecular formula is C18H24N4O4. The summed E-state index contributed by atoms with van der Waals surface area (Å²) >= 11 is 0. The molecule has 3 rings (SSSR count). The van der Waals surface area contributed by atoms with Crippen LogP contribution in [0.2, 0.25) is 0 Å². The zero-order valence-electron chi connectivity index (χ0n) is 14.5. The average molecular weight is 360 g/mol. The number of nitrogens with zero attached hydrogens (tertiary/aromatic N) is 1. The van der Waals surface area contributed by atoms with Gasteiger partial charge in [-0.1, -0.05) is 12.1 Å². The van der Waals surface area contributed by atoms with Crippen molar-refractivity contribution in [2.45, 2.75) is 44.5 Å². The van der Waals surface area contributed by atoms with Crippen LogP contribution in [0.4, 0.5) is 0 Å². The summed E-state index contributed by atoms with van der Waals surface area (Å²) in [5, 5.41) is 15.2. The van der Waals surface area contributed by atoms with Gasteiger partial charge in [-0.15, -0.1) is 0 Å². The molecule has 1 saturated heterocycles. The lowest BCUT2D eigenvalue weighted by Gasteiger charge is -2.29. The van der Waals surface area contributed by atoms with E-state index in [1.807, 2.05) is 12.1 Å². The number of nitrogens with one attached hydrogen (secondary N) is 2. The average Bonchev–Trinajstić information content (AvgIpc) is 2.91. The number of aliphatic hydroxyl groups excluding tert-OH is 1. The van der Waals surface area contributed by atoms with Gasteiger partial charge in [0.05, 0.1) is 6.10 Å². The summed E-state index contributed by atoms with van der Waals surface area (Å²) in [5.74, 6) is -0.869. The summed E-state index contributed by atoms with van der Waals surface area (Å²) in [7, 11) is 0. The van der Waals surface area contributed by atoms with Gasteiger partial charge in [0, 0.05) is 31.6 Å². The van der Waals surface area contributed by atoms with Gasteiger partial charge in [-0.2, -0.15) is 0 Å². The summed E-state index contributed by atoms with van der Waals surface area (Å²) in [4.78, 5) is 37.5. The van der Waals surface area contributed by atoms with Crippen molar-refractivity contribution in [2.24, 2.45) is 5.73 Å². The van der Waals surface area contributed by atoms with Crippen molar-refractivity contribution in [2.75, 3.05) is 13.1 Å². The van der Waals surface area contributed by atoms with Crippen LogP contribution in [0.15, 0.2) is 18.2 Å². The number of hydrogen-bond acceptors (Lipinski definition) is 6. The fraction of sp³-hybridized carbons (Fsp3) is 0.500. The molecule has 2 atom stereocenters. The van der Waals surface area contributed by atoms with Crippen LogP contribution < -0.4 is 16.4 Å².